The monoisotopic (exact) mass is 375 g/mol. The molecule has 1 aliphatic rings. The first-order valence-corrected chi connectivity index (χ1v) is 9.43. The first-order valence-electron chi connectivity index (χ1n) is 9.43. The summed E-state index contributed by atoms with van der Waals surface area (Å²) in [7, 11) is 0. The van der Waals surface area contributed by atoms with Crippen LogP contribution in [0.1, 0.15) is 49.5 Å². The van der Waals surface area contributed by atoms with Crippen molar-refractivity contribution in [2.45, 2.75) is 46.2 Å². The Kier molecular flexibility index (Phi) is 7.64. The number of urea groups is 1. The molecule has 1 aliphatic heterocycles. The molecule has 0 atom stereocenters. The molecule has 7 nitrogen and oxygen atoms in total. The maximum atomic E-state index is 12.1. The highest BCUT2D eigenvalue weighted by molar-refractivity contribution is 5.91. The third-order valence-electron chi connectivity index (χ3n) is 4.53. The number of ether oxygens (including phenoxy) is 1. The molecule has 0 bridgehead atoms. The molecule has 1 aromatic rings. The molecule has 0 aromatic heterocycles. The van der Waals surface area contributed by atoms with Gasteiger partial charge in [-0.05, 0) is 50.3 Å². The fraction of sp³-hybridized carbons (Fsp3) is 0.550. The zero-order valence-corrected chi connectivity index (χ0v) is 16.3. The topological polar surface area (TPSA) is 87.7 Å². The Morgan fingerprint density at radius 3 is 2.37 bits per heavy atom. The number of esters is 1. The van der Waals surface area contributed by atoms with E-state index < -0.39 is 5.97 Å². The van der Waals surface area contributed by atoms with Gasteiger partial charge in [0.15, 0.2) is 6.61 Å². The SMILES string of the molecule is CC1CCN(C(=O)COC(=O)c2ccc(CNC(=O)NC(C)C)cc2)CC1. The number of amides is 3. The predicted molar refractivity (Wildman–Crippen MR) is 102 cm³/mol. The van der Waals surface area contributed by atoms with Gasteiger partial charge < -0.3 is 20.3 Å². The van der Waals surface area contributed by atoms with E-state index in [-0.39, 0.29) is 24.6 Å². The number of hydrogen-bond acceptors (Lipinski definition) is 4. The van der Waals surface area contributed by atoms with Crippen molar-refractivity contribution in [3.05, 3.63) is 35.4 Å². The maximum Gasteiger partial charge on any atom is 0.338 e. The number of rotatable bonds is 6. The minimum absolute atomic E-state index is 0.0678. The lowest BCUT2D eigenvalue weighted by atomic mass is 9.99. The number of piperidine rings is 1. The van der Waals surface area contributed by atoms with Gasteiger partial charge in [0, 0.05) is 25.7 Å². The van der Waals surface area contributed by atoms with Crippen LogP contribution >= 0.6 is 0 Å². The number of benzene rings is 1. The van der Waals surface area contributed by atoms with E-state index in [1.807, 2.05) is 13.8 Å². The Morgan fingerprint density at radius 1 is 1.15 bits per heavy atom. The van der Waals surface area contributed by atoms with E-state index >= 15 is 0 Å². The zero-order valence-electron chi connectivity index (χ0n) is 16.3. The molecule has 3 amide bonds. The predicted octanol–water partition coefficient (Wildman–Crippen LogP) is 2.31. The van der Waals surface area contributed by atoms with Crippen molar-refractivity contribution in [1.82, 2.24) is 15.5 Å². The Bertz CT molecular complexity index is 650. The Hall–Kier alpha value is -2.57. The van der Waals surface area contributed by atoms with Crippen LogP contribution in [0.3, 0.4) is 0 Å². The Labute approximate surface area is 160 Å². The number of carbonyl (C=O) groups is 3. The van der Waals surface area contributed by atoms with Crippen molar-refractivity contribution in [3.63, 3.8) is 0 Å². The van der Waals surface area contributed by atoms with Crippen LogP contribution < -0.4 is 10.6 Å². The normalized spacial score (nSPS) is 14.7. The van der Waals surface area contributed by atoms with E-state index in [4.69, 9.17) is 4.74 Å². The van der Waals surface area contributed by atoms with Crippen LogP contribution in [-0.4, -0.2) is 48.5 Å². The number of likely N-dealkylation sites (tertiary alicyclic amines) is 1. The van der Waals surface area contributed by atoms with E-state index in [1.54, 1.807) is 29.2 Å². The van der Waals surface area contributed by atoms with Crippen LogP contribution in [0.25, 0.3) is 0 Å². The molecule has 1 saturated heterocycles. The van der Waals surface area contributed by atoms with Crippen molar-refractivity contribution >= 4 is 17.9 Å². The average molecular weight is 375 g/mol. The van der Waals surface area contributed by atoms with Crippen molar-refractivity contribution in [1.29, 1.82) is 0 Å². The second-order valence-corrected chi connectivity index (χ2v) is 7.32. The molecule has 0 spiro atoms. The summed E-state index contributed by atoms with van der Waals surface area (Å²) in [5.41, 5.74) is 1.24. The lowest BCUT2D eigenvalue weighted by molar-refractivity contribution is -0.135. The summed E-state index contributed by atoms with van der Waals surface area (Å²) in [5.74, 6) is -0.0286. The molecular formula is C20H29N3O4. The van der Waals surface area contributed by atoms with Gasteiger partial charge in [-0.3, -0.25) is 4.79 Å². The molecular weight excluding hydrogens is 346 g/mol. The summed E-state index contributed by atoms with van der Waals surface area (Å²) < 4.78 is 5.14. The fourth-order valence-corrected chi connectivity index (χ4v) is 2.81. The van der Waals surface area contributed by atoms with Gasteiger partial charge in [0.1, 0.15) is 0 Å². The van der Waals surface area contributed by atoms with Crippen molar-refractivity contribution < 1.29 is 19.1 Å². The Morgan fingerprint density at radius 2 is 1.78 bits per heavy atom. The molecule has 0 radical (unpaired) electrons. The van der Waals surface area contributed by atoms with Gasteiger partial charge in [-0.25, -0.2) is 9.59 Å². The van der Waals surface area contributed by atoms with E-state index in [2.05, 4.69) is 17.6 Å². The highest BCUT2D eigenvalue weighted by atomic mass is 16.5. The minimum atomic E-state index is -0.522. The number of nitrogens with zero attached hydrogens (tertiary/aromatic N) is 1. The summed E-state index contributed by atoms with van der Waals surface area (Å²) >= 11 is 0. The zero-order chi connectivity index (χ0) is 19.8. The van der Waals surface area contributed by atoms with E-state index in [0.29, 0.717) is 18.0 Å². The fourth-order valence-electron chi connectivity index (χ4n) is 2.81. The van der Waals surface area contributed by atoms with Crippen LogP contribution in [0.2, 0.25) is 0 Å². The molecule has 0 saturated carbocycles. The summed E-state index contributed by atoms with van der Waals surface area (Å²) in [4.78, 5) is 37.6. The smallest absolute Gasteiger partial charge is 0.338 e. The first kappa shape index (κ1) is 20.7. The lowest BCUT2D eigenvalue weighted by Gasteiger charge is -2.30. The van der Waals surface area contributed by atoms with Crippen molar-refractivity contribution in [2.24, 2.45) is 5.92 Å². The molecule has 0 unspecified atom stereocenters. The molecule has 2 rings (SSSR count). The molecule has 1 heterocycles. The molecule has 148 valence electrons. The first-order chi connectivity index (χ1) is 12.8. The summed E-state index contributed by atoms with van der Waals surface area (Å²) in [6.07, 6.45) is 1.98. The van der Waals surface area contributed by atoms with Gasteiger partial charge in [0.05, 0.1) is 5.56 Å². The van der Waals surface area contributed by atoms with Crippen LogP contribution in [-0.2, 0) is 16.1 Å². The maximum absolute atomic E-state index is 12.1. The second kappa shape index (κ2) is 9.94. The van der Waals surface area contributed by atoms with Gasteiger partial charge in [0.2, 0.25) is 0 Å². The van der Waals surface area contributed by atoms with Gasteiger partial charge in [0.25, 0.3) is 5.91 Å². The third kappa shape index (κ3) is 6.92. The standard InChI is InChI=1S/C20H29N3O4/c1-14(2)22-20(26)21-12-16-4-6-17(7-5-16)19(25)27-13-18(24)23-10-8-15(3)9-11-23/h4-7,14-15H,8-13H2,1-3H3,(H2,21,22,26). The van der Waals surface area contributed by atoms with Crippen LogP contribution in [0.15, 0.2) is 24.3 Å². The quantitative estimate of drug-likeness (QED) is 0.747. The number of nitrogens with one attached hydrogen (secondary N) is 2. The Balaban J connectivity index is 1.76. The largest absolute Gasteiger partial charge is 0.452 e. The molecule has 1 fully saturated rings. The molecule has 2 N–H and O–H groups in total. The third-order valence-corrected chi connectivity index (χ3v) is 4.53. The van der Waals surface area contributed by atoms with Gasteiger partial charge in [-0.1, -0.05) is 19.1 Å². The van der Waals surface area contributed by atoms with Crippen LogP contribution in [0.5, 0.6) is 0 Å². The van der Waals surface area contributed by atoms with Gasteiger partial charge >= 0.3 is 12.0 Å². The number of hydrogen-bond donors (Lipinski definition) is 2. The molecule has 27 heavy (non-hydrogen) atoms. The molecule has 7 heteroatoms. The van der Waals surface area contributed by atoms with Gasteiger partial charge in [-0.15, -0.1) is 0 Å². The minimum Gasteiger partial charge on any atom is -0.452 e. The van der Waals surface area contributed by atoms with Crippen molar-refractivity contribution in [2.75, 3.05) is 19.7 Å². The summed E-state index contributed by atoms with van der Waals surface area (Å²) in [6, 6.07) is 6.59. The molecule has 0 aliphatic carbocycles. The number of carbonyl (C=O) groups excluding carboxylic acids is 3. The van der Waals surface area contributed by atoms with Crippen LogP contribution in [0.4, 0.5) is 4.79 Å². The van der Waals surface area contributed by atoms with Gasteiger partial charge in [-0.2, -0.15) is 0 Å². The summed E-state index contributed by atoms with van der Waals surface area (Å²) in [5, 5.41) is 5.48. The van der Waals surface area contributed by atoms with E-state index in [9.17, 15) is 14.4 Å². The second-order valence-electron chi connectivity index (χ2n) is 7.32. The molecule has 1 aromatic carbocycles. The highest BCUT2D eigenvalue weighted by Gasteiger charge is 2.21. The van der Waals surface area contributed by atoms with Crippen molar-refractivity contribution in [3.8, 4) is 0 Å². The average Bonchev–Trinajstić information content (AvgIpc) is 2.64. The lowest BCUT2D eigenvalue weighted by Crippen LogP contribution is -2.40. The van der Waals surface area contributed by atoms with E-state index in [0.717, 1.165) is 31.5 Å². The van der Waals surface area contributed by atoms with E-state index in [1.165, 1.54) is 0 Å². The van der Waals surface area contributed by atoms with Crippen LogP contribution in [0, 0.1) is 5.92 Å². The highest BCUT2D eigenvalue weighted by Crippen LogP contribution is 2.16. The summed E-state index contributed by atoms with van der Waals surface area (Å²) in [6.45, 7) is 7.53.